The summed E-state index contributed by atoms with van der Waals surface area (Å²) in [4.78, 5) is 21.7. The molecule has 0 unspecified atom stereocenters. The van der Waals surface area contributed by atoms with Crippen molar-refractivity contribution in [2.75, 3.05) is 6.54 Å². The van der Waals surface area contributed by atoms with Gasteiger partial charge in [0.05, 0.1) is 10.7 Å². The van der Waals surface area contributed by atoms with E-state index in [1.165, 1.54) is 0 Å². The normalized spacial score (nSPS) is 11.2. The monoisotopic (exact) mass is 487 g/mol. The summed E-state index contributed by atoms with van der Waals surface area (Å²) in [5, 5.41) is 4.56. The molecular weight excluding hydrogens is 469 g/mol. The summed E-state index contributed by atoms with van der Waals surface area (Å²) in [7, 11) is 0. The summed E-state index contributed by atoms with van der Waals surface area (Å²) in [6.07, 6.45) is 2.30. The van der Waals surface area contributed by atoms with Crippen molar-refractivity contribution in [1.82, 2.24) is 19.7 Å². The maximum atomic E-state index is 12.8. The Morgan fingerprint density at radius 1 is 1.09 bits per heavy atom. The Bertz CT molecular complexity index is 1320. The van der Waals surface area contributed by atoms with Gasteiger partial charge in [0.25, 0.3) is 5.91 Å². The standard InChI is InChI=1S/C23H20Cl3N5O/c1-13-18(11-27)21(17-6-5-16(25)10-19(17)26)31-12-20(30-23(31)29-13)22(32)28-8-7-14-3-2-4-15(24)9-14/h2-6,9-10,12H,7-8,11,27H2,1H3,(H,28,32). The first-order valence-electron chi connectivity index (χ1n) is 9.94. The van der Waals surface area contributed by atoms with Crippen molar-refractivity contribution in [3.05, 3.63) is 86.2 Å². The second kappa shape index (κ2) is 9.46. The van der Waals surface area contributed by atoms with Crippen molar-refractivity contribution in [1.29, 1.82) is 0 Å². The molecule has 4 aromatic rings. The van der Waals surface area contributed by atoms with Crippen molar-refractivity contribution in [2.45, 2.75) is 19.9 Å². The average molecular weight is 489 g/mol. The lowest BCUT2D eigenvalue weighted by Gasteiger charge is -2.14. The van der Waals surface area contributed by atoms with Gasteiger partial charge in [-0.2, -0.15) is 0 Å². The molecule has 2 aromatic heterocycles. The van der Waals surface area contributed by atoms with Gasteiger partial charge in [-0.25, -0.2) is 9.97 Å². The Morgan fingerprint density at radius 3 is 2.59 bits per heavy atom. The van der Waals surface area contributed by atoms with Gasteiger partial charge >= 0.3 is 0 Å². The van der Waals surface area contributed by atoms with Crippen LogP contribution in [0, 0.1) is 6.92 Å². The van der Waals surface area contributed by atoms with E-state index >= 15 is 0 Å². The topological polar surface area (TPSA) is 85.3 Å². The van der Waals surface area contributed by atoms with Gasteiger partial charge in [-0.05, 0) is 49.2 Å². The molecule has 3 N–H and O–H groups in total. The highest BCUT2D eigenvalue weighted by atomic mass is 35.5. The Labute approximate surface area is 200 Å². The molecule has 0 atom stereocenters. The number of nitrogens with two attached hydrogens (primary N) is 1. The minimum atomic E-state index is -0.294. The molecule has 2 heterocycles. The molecule has 0 bridgehead atoms. The van der Waals surface area contributed by atoms with E-state index in [0.717, 1.165) is 28.1 Å². The smallest absolute Gasteiger partial charge is 0.271 e. The molecule has 0 radical (unpaired) electrons. The van der Waals surface area contributed by atoms with Gasteiger partial charge in [-0.15, -0.1) is 0 Å². The second-order valence-electron chi connectivity index (χ2n) is 7.28. The highest BCUT2D eigenvalue weighted by Gasteiger charge is 2.20. The predicted octanol–water partition coefficient (Wildman–Crippen LogP) is 5.10. The lowest BCUT2D eigenvalue weighted by molar-refractivity contribution is 0.0949. The van der Waals surface area contributed by atoms with Crippen LogP contribution in [0.2, 0.25) is 15.1 Å². The quantitative estimate of drug-likeness (QED) is 0.395. The molecule has 0 aliphatic heterocycles. The number of carbonyl (C=O) groups excluding carboxylic acids is 1. The molecule has 164 valence electrons. The summed E-state index contributed by atoms with van der Waals surface area (Å²) in [6, 6.07) is 12.8. The summed E-state index contributed by atoms with van der Waals surface area (Å²) < 4.78 is 1.75. The van der Waals surface area contributed by atoms with Gasteiger partial charge in [-0.3, -0.25) is 9.20 Å². The van der Waals surface area contributed by atoms with Gasteiger partial charge in [0.15, 0.2) is 0 Å². The van der Waals surface area contributed by atoms with E-state index < -0.39 is 0 Å². The molecule has 4 rings (SSSR count). The van der Waals surface area contributed by atoms with Gasteiger partial charge in [-0.1, -0.05) is 46.9 Å². The number of halogens is 3. The Morgan fingerprint density at radius 2 is 1.88 bits per heavy atom. The highest BCUT2D eigenvalue weighted by Crippen LogP contribution is 2.34. The maximum Gasteiger partial charge on any atom is 0.271 e. The molecule has 0 fully saturated rings. The van der Waals surface area contributed by atoms with Crippen LogP contribution < -0.4 is 11.1 Å². The number of imidazole rings is 1. The third-order valence-corrected chi connectivity index (χ3v) is 5.91. The van der Waals surface area contributed by atoms with Crippen molar-refractivity contribution in [2.24, 2.45) is 5.73 Å². The Balaban J connectivity index is 1.66. The number of hydrogen-bond acceptors (Lipinski definition) is 4. The Hall–Kier alpha value is -2.64. The zero-order valence-electron chi connectivity index (χ0n) is 17.2. The highest BCUT2D eigenvalue weighted by molar-refractivity contribution is 6.36. The fraction of sp³-hybridized carbons (Fsp3) is 0.174. The van der Waals surface area contributed by atoms with Crippen LogP contribution in [-0.4, -0.2) is 26.8 Å². The maximum absolute atomic E-state index is 12.8. The van der Waals surface area contributed by atoms with Crippen LogP contribution in [0.25, 0.3) is 17.0 Å². The number of aromatic nitrogens is 3. The molecule has 0 saturated heterocycles. The van der Waals surface area contributed by atoms with E-state index in [-0.39, 0.29) is 18.1 Å². The predicted molar refractivity (Wildman–Crippen MR) is 129 cm³/mol. The first-order chi connectivity index (χ1) is 15.4. The molecular formula is C23H20Cl3N5O. The first-order valence-corrected chi connectivity index (χ1v) is 11.1. The van der Waals surface area contributed by atoms with Crippen molar-refractivity contribution < 1.29 is 4.79 Å². The number of nitrogens with one attached hydrogen (secondary N) is 1. The fourth-order valence-electron chi connectivity index (χ4n) is 3.58. The van der Waals surface area contributed by atoms with E-state index in [1.807, 2.05) is 37.3 Å². The molecule has 32 heavy (non-hydrogen) atoms. The number of nitrogens with zero attached hydrogens (tertiary/aromatic N) is 3. The number of amides is 1. The third-order valence-electron chi connectivity index (χ3n) is 5.13. The Kier molecular flexibility index (Phi) is 6.67. The number of hydrogen-bond donors (Lipinski definition) is 2. The van der Waals surface area contributed by atoms with E-state index in [9.17, 15) is 4.79 Å². The molecule has 9 heteroatoms. The summed E-state index contributed by atoms with van der Waals surface area (Å²) in [6.45, 7) is 2.56. The lowest BCUT2D eigenvalue weighted by Crippen LogP contribution is -2.26. The molecule has 1 amide bonds. The van der Waals surface area contributed by atoms with E-state index in [2.05, 4.69) is 15.3 Å². The average Bonchev–Trinajstić information content (AvgIpc) is 3.17. The van der Waals surface area contributed by atoms with Crippen LogP contribution in [0.3, 0.4) is 0 Å². The number of aryl methyl sites for hydroxylation is 1. The second-order valence-corrected chi connectivity index (χ2v) is 8.56. The summed E-state index contributed by atoms with van der Waals surface area (Å²) >= 11 is 18.6. The van der Waals surface area contributed by atoms with Gasteiger partial charge in [0, 0.05) is 46.2 Å². The molecule has 0 spiro atoms. The van der Waals surface area contributed by atoms with Crippen molar-refractivity contribution in [3.63, 3.8) is 0 Å². The molecule has 0 aliphatic carbocycles. The molecule has 6 nitrogen and oxygen atoms in total. The van der Waals surface area contributed by atoms with Crippen molar-refractivity contribution >= 4 is 46.5 Å². The van der Waals surface area contributed by atoms with Crippen LogP contribution in [0.5, 0.6) is 0 Å². The minimum absolute atomic E-state index is 0.252. The van der Waals surface area contributed by atoms with Crippen LogP contribution in [-0.2, 0) is 13.0 Å². The largest absolute Gasteiger partial charge is 0.350 e. The van der Waals surface area contributed by atoms with Crippen molar-refractivity contribution in [3.8, 4) is 11.3 Å². The first kappa shape index (κ1) is 22.6. The van der Waals surface area contributed by atoms with Gasteiger partial charge < -0.3 is 11.1 Å². The number of rotatable bonds is 6. The molecule has 2 aromatic carbocycles. The molecule has 0 saturated carbocycles. The lowest BCUT2D eigenvalue weighted by atomic mass is 10.0. The third kappa shape index (κ3) is 4.59. The summed E-state index contributed by atoms with van der Waals surface area (Å²) in [5.74, 6) is 0.0957. The van der Waals surface area contributed by atoms with Gasteiger partial charge in [0.1, 0.15) is 5.69 Å². The number of fused-ring (bicyclic) bond motifs is 1. The van der Waals surface area contributed by atoms with E-state index in [0.29, 0.717) is 33.8 Å². The van der Waals surface area contributed by atoms with Crippen LogP contribution in [0.4, 0.5) is 0 Å². The molecule has 0 aliphatic rings. The fourth-order valence-corrected chi connectivity index (χ4v) is 4.29. The summed E-state index contributed by atoms with van der Waals surface area (Å²) in [5.41, 5.74) is 10.3. The zero-order valence-corrected chi connectivity index (χ0v) is 19.5. The minimum Gasteiger partial charge on any atom is -0.350 e. The SMILES string of the molecule is Cc1nc2nc(C(=O)NCCc3cccc(Cl)c3)cn2c(-c2ccc(Cl)cc2Cl)c1CN. The van der Waals surface area contributed by atoms with Gasteiger partial charge in [0.2, 0.25) is 5.78 Å². The number of benzene rings is 2. The van der Waals surface area contributed by atoms with E-state index in [1.54, 1.807) is 22.7 Å². The van der Waals surface area contributed by atoms with Crippen LogP contribution in [0.15, 0.2) is 48.7 Å². The zero-order chi connectivity index (χ0) is 22.8. The van der Waals surface area contributed by atoms with Crippen LogP contribution >= 0.6 is 34.8 Å². The number of carbonyl (C=O) groups is 1. The van der Waals surface area contributed by atoms with Crippen LogP contribution in [0.1, 0.15) is 27.3 Å². The van der Waals surface area contributed by atoms with E-state index in [4.69, 9.17) is 40.5 Å².